The number of hydrogen-bond acceptors (Lipinski definition) is 3. The molecule has 3 nitrogen and oxygen atoms in total. The van der Waals surface area contributed by atoms with Crippen LogP contribution in [0.5, 0.6) is 0 Å². The molecule has 1 heterocycles. The molecule has 1 unspecified atom stereocenters. The highest BCUT2D eigenvalue weighted by atomic mass is 127. The Morgan fingerprint density at radius 3 is 2.54 bits per heavy atom. The topological polar surface area (TPSA) is 38.3 Å². The molecular formula is C18H16I3NO2. The molecule has 126 valence electrons. The molecule has 0 bridgehead atoms. The smallest absolute Gasteiger partial charge is 0.340 e. The van der Waals surface area contributed by atoms with Gasteiger partial charge in [-0.2, -0.15) is 0 Å². The van der Waals surface area contributed by atoms with Crippen molar-refractivity contribution in [2.75, 3.05) is 13.1 Å². The lowest BCUT2D eigenvalue weighted by molar-refractivity contribution is -0.0340. The van der Waals surface area contributed by atoms with Gasteiger partial charge in [-0.15, -0.1) is 0 Å². The number of nitrogens with one attached hydrogen (secondary N) is 1. The Morgan fingerprint density at radius 2 is 1.88 bits per heavy atom. The number of benzene rings is 2. The molecule has 6 heteroatoms. The van der Waals surface area contributed by atoms with Crippen molar-refractivity contribution >= 4 is 73.7 Å². The van der Waals surface area contributed by atoms with Gasteiger partial charge < -0.3 is 10.1 Å². The number of esters is 1. The van der Waals surface area contributed by atoms with Crippen LogP contribution in [0.4, 0.5) is 0 Å². The standard InChI is InChI=1S/C18H16I3NO2/c19-13-9-14(16(21)15(20)10-13)17(23)24-18(7-4-8-22-11-18)12-5-2-1-3-6-12/h1-3,5-6,9-10,22H,4,7-8,11H2. The molecule has 2 aromatic rings. The number of carbonyl (C=O) groups excluding carboxylic acids is 1. The molecule has 0 amide bonds. The van der Waals surface area contributed by atoms with Gasteiger partial charge in [-0.1, -0.05) is 30.3 Å². The molecule has 1 N–H and O–H groups in total. The van der Waals surface area contributed by atoms with E-state index < -0.39 is 5.60 Å². The second kappa shape index (κ2) is 8.17. The molecule has 1 aliphatic rings. The van der Waals surface area contributed by atoms with Crippen LogP contribution in [0.3, 0.4) is 0 Å². The van der Waals surface area contributed by atoms with Gasteiger partial charge in [0, 0.05) is 17.3 Å². The van der Waals surface area contributed by atoms with Crippen LogP contribution in [0.1, 0.15) is 28.8 Å². The maximum absolute atomic E-state index is 13.0. The van der Waals surface area contributed by atoms with E-state index in [1.165, 1.54) is 0 Å². The number of piperidine rings is 1. The van der Waals surface area contributed by atoms with Crippen molar-refractivity contribution in [2.45, 2.75) is 18.4 Å². The highest BCUT2D eigenvalue weighted by molar-refractivity contribution is 14.1. The van der Waals surface area contributed by atoms with E-state index in [4.69, 9.17) is 4.74 Å². The highest BCUT2D eigenvalue weighted by Crippen LogP contribution is 2.34. The zero-order valence-corrected chi connectivity index (χ0v) is 19.3. The van der Waals surface area contributed by atoms with Crippen LogP contribution in [0.25, 0.3) is 0 Å². The average Bonchev–Trinajstić information content (AvgIpc) is 2.59. The number of rotatable bonds is 3. The summed E-state index contributed by atoms with van der Waals surface area (Å²) < 4.78 is 9.19. The van der Waals surface area contributed by atoms with E-state index in [1.807, 2.05) is 36.4 Å². The van der Waals surface area contributed by atoms with Crippen LogP contribution in [0.15, 0.2) is 42.5 Å². The highest BCUT2D eigenvalue weighted by Gasteiger charge is 2.38. The molecule has 1 aliphatic heterocycles. The molecule has 24 heavy (non-hydrogen) atoms. The molecule has 0 aliphatic carbocycles. The summed E-state index contributed by atoms with van der Waals surface area (Å²) in [7, 11) is 0. The Labute approximate surface area is 182 Å². The summed E-state index contributed by atoms with van der Waals surface area (Å²) in [5.74, 6) is -0.247. The summed E-state index contributed by atoms with van der Waals surface area (Å²) in [6.45, 7) is 1.62. The Kier molecular flexibility index (Phi) is 6.41. The molecule has 2 aromatic carbocycles. The zero-order valence-electron chi connectivity index (χ0n) is 12.8. The molecule has 3 rings (SSSR count). The summed E-state index contributed by atoms with van der Waals surface area (Å²) in [6.07, 6.45) is 1.83. The summed E-state index contributed by atoms with van der Waals surface area (Å²) >= 11 is 6.72. The molecule has 0 saturated carbocycles. The monoisotopic (exact) mass is 659 g/mol. The van der Waals surface area contributed by atoms with Crippen molar-refractivity contribution in [1.29, 1.82) is 0 Å². The van der Waals surface area contributed by atoms with Gasteiger partial charge >= 0.3 is 5.97 Å². The molecular weight excluding hydrogens is 643 g/mol. The maximum Gasteiger partial charge on any atom is 0.340 e. The fourth-order valence-corrected chi connectivity index (χ4v) is 5.33. The first-order valence-corrected chi connectivity index (χ1v) is 10.9. The van der Waals surface area contributed by atoms with E-state index in [9.17, 15) is 4.79 Å². The predicted molar refractivity (Wildman–Crippen MR) is 120 cm³/mol. The van der Waals surface area contributed by atoms with Crippen LogP contribution in [-0.4, -0.2) is 19.1 Å². The van der Waals surface area contributed by atoms with Crippen LogP contribution >= 0.6 is 67.8 Å². The molecule has 1 atom stereocenters. The van der Waals surface area contributed by atoms with E-state index in [0.29, 0.717) is 12.1 Å². The SMILES string of the molecule is O=C(OC1(c2ccccc2)CCCNC1)c1cc(I)cc(I)c1I. The molecule has 0 spiro atoms. The Bertz CT molecular complexity index is 743. The van der Waals surface area contributed by atoms with Crippen molar-refractivity contribution in [1.82, 2.24) is 5.32 Å². The van der Waals surface area contributed by atoms with E-state index in [0.717, 1.165) is 35.7 Å². The van der Waals surface area contributed by atoms with Crippen molar-refractivity contribution in [2.24, 2.45) is 0 Å². The summed E-state index contributed by atoms with van der Waals surface area (Å²) in [5.41, 5.74) is 1.11. The minimum absolute atomic E-state index is 0.247. The Balaban J connectivity index is 1.95. The van der Waals surface area contributed by atoms with Crippen LogP contribution in [0, 0.1) is 10.7 Å². The Hall–Kier alpha value is 0.0600. The van der Waals surface area contributed by atoms with Gasteiger partial charge in [0.1, 0.15) is 5.60 Å². The molecule has 1 saturated heterocycles. The van der Waals surface area contributed by atoms with E-state index in [-0.39, 0.29) is 5.97 Å². The van der Waals surface area contributed by atoms with Crippen LogP contribution < -0.4 is 5.32 Å². The lowest BCUT2D eigenvalue weighted by atomic mass is 9.86. The number of carbonyl (C=O) groups is 1. The van der Waals surface area contributed by atoms with E-state index in [1.54, 1.807) is 0 Å². The molecule has 0 aromatic heterocycles. The van der Waals surface area contributed by atoms with Crippen molar-refractivity contribution in [3.05, 3.63) is 64.3 Å². The van der Waals surface area contributed by atoms with Crippen molar-refractivity contribution in [3.8, 4) is 0 Å². The van der Waals surface area contributed by atoms with Gasteiger partial charge in [-0.05, 0) is 105 Å². The third kappa shape index (κ3) is 4.07. The Morgan fingerprint density at radius 1 is 1.12 bits per heavy atom. The second-order valence-electron chi connectivity index (χ2n) is 5.78. The fourth-order valence-electron chi connectivity index (χ4n) is 2.95. The van der Waals surface area contributed by atoms with Gasteiger partial charge in [0.15, 0.2) is 0 Å². The molecule has 1 fully saturated rings. The minimum Gasteiger partial charge on any atom is -0.449 e. The predicted octanol–water partition coefficient (Wildman–Crippen LogP) is 4.94. The molecule has 0 radical (unpaired) electrons. The number of ether oxygens (including phenoxy) is 1. The van der Waals surface area contributed by atoms with Crippen molar-refractivity contribution < 1.29 is 9.53 Å². The van der Waals surface area contributed by atoms with E-state index >= 15 is 0 Å². The minimum atomic E-state index is -0.591. The van der Waals surface area contributed by atoms with Crippen LogP contribution in [0.2, 0.25) is 0 Å². The lowest BCUT2D eigenvalue weighted by Crippen LogP contribution is -2.46. The second-order valence-corrected chi connectivity index (χ2v) is 9.27. The van der Waals surface area contributed by atoms with Gasteiger partial charge in [0.05, 0.1) is 5.56 Å². The fraction of sp³-hybridized carbons (Fsp3) is 0.278. The van der Waals surface area contributed by atoms with Gasteiger partial charge in [-0.3, -0.25) is 0 Å². The largest absolute Gasteiger partial charge is 0.449 e. The quantitative estimate of drug-likeness (QED) is 0.289. The average molecular weight is 659 g/mol. The summed E-state index contributed by atoms with van der Waals surface area (Å²) in [5, 5.41) is 3.39. The summed E-state index contributed by atoms with van der Waals surface area (Å²) in [6, 6.07) is 14.0. The normalized spacial score (nSPS) is 20.6. The third-order valence-electron chi connectivity index (χ3n) is 4.15. The van der Waals surface area contributed by atoms with Gasteiger partial charge in [0.25, 0.3) is 0 Å². The first kappa shape index (κ1) is 18.8. The lowest BCUT2D eigenvalue weighted by Gasteiger charge is -2.37. The summed E-state index contributed by atoms with van der Waals surface area (Å²) in [4.78, 5) is 13.0. The maximum atomic E-state index is 13.0. The zero-order chi connectivity index (χ0) is 17.2. The first-order valence-electron chi connectivity index (χ1n) is 7.66. The number of halogens is 3. The number of hydrogen-bond donors (Lipinski definition) is 1. The van der Waals surface area contributed by atoms with E-state index in [2.05, 4.69) is 79.2 Å². The first-order chi connectivity index (χ1) is 11.5. The third-order valence-corrected chi connectivity index (χ3v) is 7.81. The van der Waals surface area contributed by atoms with Gasteiger partial charge in [-0.25, -0.2) is 4.79 Å². The van der Waals surface area contributed by atoms with Crippen molar-refractivity contribution in [3.63, 3.8) is 0 Å². The van der Waals surface area contributed by atoms with Gasteiger partial charge in [0.2, 0.25) is 0 Å². The van der Waals surface area contributed by atoms with Crippen LogP contribution in [-0.2, 0) is 10.3 Å².